The van der Waals surface area contributed by atoms with Gasteiger partial charge in [0.15, 0.2) is 5.96 Å². The summed E-state index contributed by atoms with van der Waals surface area (Å²) in [5.41, 5.74) is 1.18. The molecule has 0 aromatic heterocycles. The lowest BCUT2D eigenvalue weighted by molar-refractivity contribution is 0.146. The standard InChI is InChI=1S/C20H36N4O2.HI/c1-16(2)24(17(3)4)12-11-22-20(21-5)23-15-18-7-9-19(10-8-18)26-14-13-25-6;/h7-10,16-17H,11-15H2,1-6H3,(H2,21,22,23);1H. The van der Waals surface area contributed by atoms with Gasteiger partial charge in [-0.1, -0.05) is 12.1 Å². The molecule has 0 heterocycles. The number of nitrogens with one attached hydrogen (secondary N) is 2. The molecule has 0 spiro atoms. The minimum Gasteiger partial charge on any atom is -0.491 e. The molecule has 0 unspecified atom stereocenters. The van der Waals surface area contributed by atoms with Crippen LogP contribution in [0.5, 0.6) is 5.75 Å². The predicted molar refractivity (Wildman–Crippen MR) is 124 cm³/mol. The number of ether oxygens (including phenoxy) is 2. The normalized spacial score (nSPS) is 11.7. The summed E-state index contributed by atoms with van der Waals surface area (Å²) >= 11 is 0. The van der Waals surface area contributed by atoms with Crippen molar-refractivity contribution in [1.29, 1.82) is 0 Å². The number of benzene rings is 1. The fraction of sp³-hybridized carbons (Fsp3) is 0.650. The smallest absolute Gasteiger partial charge is 0.191 e. The number of rotatable bonds is 11. The zero-order valence-electron chi connectivity index (χ0n) is 17.6. The Balaban J connectivity index is 0.00000676. The van der Waals surface area contributed by atoms with Gasteiger partial charge in [-0.25, -0.2) is 0 Å². The van der Waals surface area contributed by atoms with Crippen LogP contribution in [0.1, 0.15) is 33.3 Å². The van der Waals surface area contributed by atoms with E-state index in [1.165, 1.54) is 5.56 Å². The Bertz CT molecular complexity index is 513. The summed E-state index contributed by atoms with van der Waals surface area (Å²) in [7, 11) is 3.47. The van der Waals surface area contributed by atoms with Gasteiger partial charge in [-0.15, -0.1) is 24.0 Å². The lowest BCUT2D eigenvalue weighted by atomic mass is 10.2. The van der Waals surface area contributed by atoms with E-state index in [-0.39, 0.29) is 24.0 Å². The van der Waals surface area contributed by atoms with E-state index in [4.69, 9.17) is 9.47 Å². The highest BCUT2D eigenvalue weighted by atomic mass is 127. The Labute approximate surface area is 182 Å². The molecule has 1 aromatic carbocycles. The van der Waals surface area contributed by atoms with Crippen LogP contribution in [0.2, 0.25) is 0 Å². The second-order valence-corrected chi connectivity index (χ2v) is 6.76. The summed E-state index contributed by atoms with van der Waals surface area (Å²) in [5, 5.41) is 6.73. The SMILES string of the molecule is CN=C(NCCN(C(C)C)C(C)C)NCc1ccc(OCCOC)cc1.I. The zero-order chi connectivity index (χ0) is 19.4. The van der Waals surface area contributed by atoms with E-state index in [1.54, 1.807) is 14.2 Å². The molecule has 2 N–H and O–H groups in total. The van der Waals surface area contributed by atoms with Gasteiger partial charge in [0.25, 0.3) is 0 Å². The number of aliphatic imine (C=N–C) groups is 1. The molecule has 0 saturated heterocycles. The second kappa shape index (κ2) is 14.9. The van der Waals surface area contributed by atoms with Crippen LogP contribution in [-0.4, -0.2) is 63.4 Å². The summed E-state index contributed by atoms with van der Waals surface area (Å²) in [5.74, 6) is 1.67. The molecule has 0 saturated carbocycles. The lowest BCUT2D eigenvalue weighted by Gasteiger charge is -2.30. The van der Waals surface area contributed by atoms with Gasteiger partial charge < -0.3 is 20.1 Å². The Morgan fingerprint density at radius 3 is 2.19 bits per heavy atom. The number of hydrogen-bond donors (Lipinski definition) is 2. The first-order chi connectivity index (χ1) is 12.5. The summed E-state index contributed by atoms with van der Waals surface area (Å²) in [4.78, 5) is 6.76. The van der Waals surface area contributed by atoms with Crippen LogP contribution >= 0.6 is 24.0 Å². The van der Waals surface area contributed by atoms with Crippen molar-refractivity contribution in [3.63, 3.8) is 0 Å². The summed E-state index contributed by atoms with van der Waals surface area (Å²) in [6.45, 7) is 12.7. The molecule has 27 heavy (non-hydrogen) atoms. The van der Waals surface area contributed by atoms with Crippen LogP contribution in [0.3, 0.4) is 0 Å². The van der Waals surface area contributed by atoms with E-state index in [9.17, 15) is 0 Å². The molecule has 6 nitrogen and oxygen atoms in total. The Morgan fingerprint density at radius 1 is 1.04 bits per heavy atom. The van der Waals surface area contributed by atoms with Gasteiger partial charge >= 0.3 is 0 Å². The van der Waals surface area contributed by atoms with E-state index < -0.39 is 0 Å². The molecule has 0 bridgehead atoms. The third-order valence-electron chi connectivity index (χ3n) is 4.15. The summed E-state index contributed by atoms with van der Waals surface area (Å²) in [6, 6.07) is 9.15. The maximum absolute atomic E-state index is 5.58. The average molecular weight is 492 g/mol. The molecule has 0 aliphatic carbocycles. The maximum Gasteiger partial charge on any atom is 0.191 e. The van der Waals surface area contributed by atoms with Gasteiger partial charge in [0.1, 0.15) is 12.4 Å². The van der Waals surface area contributed by atoms with Crippen molar-refractivity contribution in [2.24, 2.45) is 4.99 Å². The number of halogens is 1. The van der Waals surface area contributed by atoms with E-state index in [1.807, 2.05) is 12.1 Å². The van der Waals surface area contributed by atoms with Crippen molar-refractivity contribution in [2.45, 2.75) is 46.3 Å². The summed E-state index contributed by atoms with van der Waals surface area (Å²) < 4.78 is 10.6. The number of methoxy groups -OCH3 is 1. The van der Waals surface area contributed by atoms with Gasteiger partial charge in [-0.05, 0) is 45.4 Å². The second-order valence-electron chi connectivity index (χ2n) is 6.76. The molecule has 0 fully saturated rings. The average Bonchev–Trinajstić information content (AvgIpc) is 2.61. The number of guanidine groups is 1. The lowest BCUT2D eigenvalue weighted by Crippen LogP contribution is -2.45. The first-order valence-electron chi connectivity index (χ1n) is 9.38. The molecule has 0 aliphatic rings. The van der Waals surface area contributed by atoms with Crippen LogP contribution in [0.15, 0.2) is 29.3 Å². The fourth-order valence-electron chi connectivity index (χ4n) is 2.77. The van der Waals surface area contributed by atoms with Gasteiger partial charge in [-0.2, -0.15) is 0 Å². The van der Waals surface area contributed by atoms with Crippen LogP contribution in [-0.2, 0) is 11.3 Å². The molecule has 1 aromatic rings. The van der Waals surface area contributed by atoms with Gasteiger partial charge in [0, 0.05) is 45.9 Å². The number of hydrogen-bond acceptors (Lipinski definition) is 4. The van der Waals surface area contributed by atoms with E-state index in [2.05, 4.69) is 60.4 Å². The van der Waals surface area contributed by atoms with Crippen LogP contribution in [0.25, 0.3) is 0 Å². The first-order valence-corrected chi connectivity index (χ1v) is 9.38. The predicted octanol–water partition coefficient (Wildman–Crippen LogP) is 3.11. The quantitative estimate of drug-likeness (QED) is 0.215. The molecule has 0 amide bonds. The molecular formula is C20H37IN4O2. The minimum atomic E-state index is 0. The van der Waals surface area contributed by atoms with E-state index >= 15 is 0 Å². The first kappa shape index (κ1) is 25.9. The van der Waals surface area contributed by atoms with Crippen LogP contribution in [0.4, 0.5) is 0 Å². The van der Waals surface area contributed by atoms with Gasteiger partial charge in [-0.3, -0.25) is 9.89 Å². The highest BCUT2D eigenvalue weighted by molar-refractivity contribution is 14.0. The third kappa shape index (κ3) is 10.8. The van der Waals surface area contributed by atoms with Crippen LogP contribution < -0.4 is 15.4 Å². The Hall–Kier alpha value is -1.06. The highest BCUT2D eigenvalue weighted by Crippen LogP contribution is 2.12. The van der Waals surface area contributed by atoms with Crippen LogP contribution in [0, 0.1) is 0 Å². The molecule has 156 valence electrons. The maximum atomic E-state index is 5.58. The summed E-state index contributed by atoms with van der Waals surface area (Å²) in [6.07, 6.45) is 0. The number of nitrogens with zero attached hydrogens (tertiary/aromatic N) is 2. The minimum absolute atomic E-state index is 0. The largest absolute Gasteiger partial charge is 0.491 e. The third-order valence-corrected chi connectivity index (χ3v) is 4.15. The van der Waals surface area contributed by atoms with Crippen molar-refractivity contribution in [3.8, 4) is 5.75 Å². The molecule has 1 rings (SSSR count). The Morgan fingerprint density at radius 2 is 1.67 bits per heavy atom. The monoisotopic (exact) mass is 492 g/mol. The zero-order valence-corrected chi connectivity index (χ0v) is 19.9. The molecule has 0 radical (unpaired) electrons. The van der Waals surface area contributed by atoms with Gasteiger partial charge in [0.2, 0.25) is 0 Å². The topological polar surface area (TPSA) is 58.1 Å². The van der Waals surface area contributed by atoms with Crippen molar-refractivity contribution in [1.82, 2.24) is 15.5 Å². The molecule has 7 heteroatoms. The van der Waals surface area contributed by atoms with E-state index in [0.717, 1.165) is 31.3 Å². The van der Waals surface area contributed by atoms with Gasteiger partial charge in [0.05, 0.1) is 6.61 Å². The fourth-order valence-corrected chi connectivity index (χ4v) is 2.77. The molecular weight excluding hydrogens is 455 g/mol. The molecule has 0 atom stereocenters. The van der Waals surface area contributed by atoms with Crippen molar-refractivity contribution < 1.29 is 9.47 Å². The van der Waals surface area contributed by atoms with Crippen molar-refractivity contribution in [3.05, 3.63) is 29.8 Å². The van der Waals surface area contributed by atoms with E-state index in [0.29, 0.717) is 25.3 Å². The van der Waals surface area contributed by atoms with Crippen molar-refractivity contribution in [2.75, 3.05) is 40.5 Å². The molecule has 0 aliphatic heterocycles. The van der Waals surface area contributed by atoms with Crippen molar-refractivity contribution >= 4 is 29.9 Å². The highest BCUT2D eigenvalue weighted by Gasteiger charge is 2.12. The Kier molecular flexibility index (Phi) is 14.3.